The summed E-state index contributed by atoms with van der Waals surface area (Å²) in [5.41, 5.74) is 0. The van der Waals surface area contributed by atoms with Gasteiger partial charge in [-0.25, -0.2) is 0 Å². The molecule has 0 amide bonds. The maximum Gasteiger partial charge on any atom is 0.206 e. The van der Waals surface area contributed by atoms with E-state index in [4.69, 9.17) is 0 Å². The Morgan fingerprint density at radius 2 is 2.42 bits per heavy atom. The lowest BCUT2D eigenvalue weighted by molar-refractivity contribution is -0.114. The summed E-state index contributed by atoms with van der Waals surface area (Å²) in [5.74, 6) is 0.624. The second-order valence-corrected chi connectivity index (χ2v) is 4.31. The van der Waals surface area contributed by atoms with Gasteiger partial charge in [0.05, 0.1) is 5.75 Å². The Hall–Kier alpha value is -0.620. The number of carbonyl (C=O) groups excluding carboxylic acids is 1. The number of rotatable bonds is 4. The molecular weight excluding hydrogens is 194 g/mol. The van der Waals surface area contributed by atoms with Crippen molar-refractivity contribution >= 4 is 34.0 Å². The Bertz CT molecular complexity index is 274. The van der Waals surface area contributed by atoms with E-state index in [9.17, 15) is 4.79 Å². The molecular formula is C6H9N3OS2. The molecule has 0 saturated carbocycles. The summed E-state index contributed by atoms with van der Waals surface area (Å²) in [4.78, 5) is 10.6. The summed E-state index contributed by atoms with van der Waals surface area (Å²) < 4.78 is 0.828. The van der Waals surface area contributed by atoms with Crippen molar-refractivity contribution in [2.45, 2.75) is 11.3 Å². The molecule has 1 N–H and O–H groups in total. The molecule has 0 aliphatic heterocycles. The fourth-order valence-electron chi connectivity index (χ4n) is 0.532. The number of anilines is 1. The molecule has 1 aromatic heterocycles. The molecule has 0 saturated heterocycles. The largest absolute Gasteiger partial charge is 0.363 e. The number of thioether (sulfide) groups is 1. The second-order valence-electron chi connectivity index (χ2n) is 2.11. The SMILES string of the molecule is CNc1nnc(SCC(C)=O)s1. The van der Waals surface area contributed by atoms with Crippen molar-refractivity contribution in [1.29, 1.82) is 0 Å². The molecule has 0 atom stereocenters. The number of nitrogens with one attached hydrogen (secondary N) is 1. The fourth-order valence-corrected chi connectivity index (χ4v) is 2.04. The molecule has 0 bridgehead atoms. The molecule has 6 heteroatoms. The Morgan fingerprint density at radius 3 is 2.92 bits per heavy atom. The van der Waals surface area contributed by atoms with Crippen LogP contribution in [-0.4, -0.2) is 28.8 Å². The van der Waals surface area contributed by atoms with E-state index in [0.29, 0.717) is 5.75 Å². The number of hydrogen-bond donors (Lipinski definition) is 1. The zero-order valence-electron chi connectivity index (χ0n) is 6.83. The predicted molar refractivity (Wildman–Crippen MR) is 50.9 cm³/mol. The monoisotopic (exact) mass is 203 g/mol. The molecule has 0 aliphatic rings. The Kier molecular flexibility index (Phi) is 3.48. The van der Waals surface area contributed by atoms with Gasteiger partial charge in [-0.1, -0.05) is 23.1 Å². The van der Waals surface area contributed by atoms with Crippen molar-refractivity contribution in [2.24, 2.45) is 0 Å². The van der Waals surface area contributed by atoms with E-state index in [0.717, 1.165) is 9.47 Å². The number of carbonyl (C=O) groups is 1. The smallest absolute Gasteiger partial charge is 0.206 e. The van der Waals surface area contributed by atoms with Crippen molar-refractivity contribution in [3.8, 4) is 0 Å². The first-order valence-electron chi connectivity index (χ1n) is 3.36. The maximum atomic E-state index is 10.6. The number of aromatic nitrogens is 2. The average Bonchev–Trinajstić information content (AvgIpc) is 2.48. The van der Waals surface area contributed by atoms with Gasteiger partial charge < -0.3 is 5.32 Å². The molecule has 0 unspecified atom stereocenters. The summed E-state index contributed by atoms with van der Waals surface area (Å²) in [6, 6.07) is 0. The minimum Gasteiger partial charge on any atom is -0.363 e. The summed E-state index contributed by atoms with van der Waals surface area (Å²) in [6.45, 7) is 1.56. The highest BCUT2D eigenvalue weighted by Crippen LogP contribution is 2.24. The number of ketones is 1. The minimum atomic E-state index is 0.154. The molecule has 1 rings (SSSR count). The first kappa shape index (κ1) is 9.47. The highest BCUT2D eigenvalue weighted by molar-refractivity contribution is 8.01. The minimum absolute atomic E-state index is 0.154. The van der Waals surface area contributed by atoms with Crippen LogP contribution >= 0.6 is 23.1 Å². The van der Waals surface area contributed by atoms with Crippen LogP contribution in [0.25, 0.3) is 0 Å². The summed E-state index contributed by atoms with van der Waals surface area (Å²) in [5, 5.41) is 11.4. The van der Waals surface area contributed by atoms with Crippen LogP contribution in [0.2, 0.25) is 0 Å². The Balaban J connectivity index is 2.47. The van der Waals surface area contributed by atoms with Gasteiger partial charge in [0.2, 0.25) is 5.13 Å². The van der Waals surface area contributed by atoms with E-state index in [1.54, 1.807) is 14.0 Å². The Morgan fingerprint density at radius 1 is 1.67 bits per heavy atom. The lowest BCUT2D eigenvalue weighted by Gasteiger charge is -1.88. The van der Waals surface area contributed by atoms with Gasteiger partial charge in [0.25, 0.3) is 0 Å². The topological polar surface area (TPSA) is 54.9 Å². The zero-order chi connectivity index (χ0) is 8.97. The van der Waals surface area contributed by atoms with Crippen molar-refractivity contribution in [3.63, 3.8) is 0 Å². The molecule has 66 valence electrons. The quantitative estimate of drug-likeness (QED) is 0.747. The molecule has 1 heterocycles. The predicted octanol–water partition coefficient (Wildman–Crippen LogP) is 1.26. The van der Waals surface area contributed by atoms with E-state index in [1.165, 1.54) is 23.1 Å². The standard InChI is InChI=1S/C6H9N3OS2/c1-4(10)3-11-6-9-8-5(7-2)12-6/h3H2,1-2H3,(H,7,8). The summed E-state index contributed by atoms with van der Waals surface area (Å²) in [6.07, 6.45) is 0. The summed E-state index contributed by atoms with van der Waals surface area (Å²) in [7, 11) is 1.79. The van der Waals surface area contributed by atoms with Crippen LogP contribution in [-0.2, 0) is 4.79 Å². The van der Waals surface area contributed by atoms with Crippen LogP contribution in [0.4, 0.5) is 5.13 Å². The van der Waals surface area contributed by atoms with Crippen molar-refractivity contribution in [2.75, 3.05) is 18.1 Å². The van der Waals surface area contributed by atoms with Crippen LogP contribution in [0, 0.1) is 0 Å². The fraction of sp³-hybridized carbons (Fsp3) is 0.500. The second kappa shape index (κ2) is 4.42. The van der Waals surface area contributed by atoms with Gasteiger partial charge in [-0.3, -0.25) is 4.79 Å². The van der Waals surface area contributed by atoms with E-state index in [-0.39, 0.29) is 5.78 Å². The molecule has 4 nitrogen and oxygen atoms in total. The molecule has 0 spiro atoms. The van der Waals surface area contributed by atoms with Crippen molar-refractivity contribution in [1.82, 2.24) is 10.2 Å². The molecule has 0 aliphatic carbocycles. The van der Waals surface area contributed by atoms with Gasteiger partial charge in [-0.15, -0.1) is 10.2 Å². The van der Waals surface area contributed by atoms with E-state index in [1.807, 2.05) is 0 Å². The first-order chi connectivity index (χ1) is 5.72. The third-order valence-electron chi connectivity index (χ3n) is 1.02. The van der Waals surface area contributed by atoms with Gasteiger partial charge in [0.15, 0.2) is 4.34 Å². The lowest BCUT2D eigenvalue weighted by Crippen LogP contribution is -1.92. The highest BCUT2D eigenvalue weighted by atomic mass is 32.2. The zero-order valence-corrected chi connectivity index (χ0v) is 8.46. The molecule has 0 aromatic carbocycles. The highest BCUT2D eigenvalue weighted by Gasteiger charge is 2.03. The van der Waals surface area contributed by atoms with Crippen LogP contribution < -0.4 is 5.32 Å². The van der Waals surface area contributed by atoms with Crippen LogP contribution in [0.5, 0.6) is 0 Å². The van der Waals surface area contributed by atoms with E-state index in [2.05, 4.69) is 15.5 Å². The van der Waals surface area contributed by atoms with Gasteiger partial charge in [0.1, 0.15) is 5.78 Å². The van der Waals surface area contributed by atoms with Crippen LogP contribution in [0.15, 0.2) is 4.34 Å². The molecule has 0 radical (unpaired) electrons. The molecule has 1 aromatic rings. The third-order valence-corrected chi connectivity index (χ3v) is 3.24. The van der Waals surface area contributed by atoms with Gasteiger partial charge in [-0.05, 0) is 6.92 Å². The maximum absolute atomic E-state index is 10.6. The first-order valence-corrected chi connectivity index (χ1v) is 5.16. The van der Waals surface area contributed by atoms with Crippen LogP contribution in [0.1, 0.15) is 6.92 Å². The van der Waals surface area contributed by atoms with Crippen LogP contribution in [0.3, 0.4) is 0 Å². The van der Waals surface area contributed by atoms with Gasteiger partial charge >= 0.3 is 0 Å². The molecule has 0 fully saturated rings. The number of hydrogen-bond acceptors (Lipinski definition) is 6. The Labute approximate surface area is 78.8 Å². The molecule has 12 heavy (non-hydrogen) atoms. The van der Waals surface area contributed by atoms with Crippen molar-refractivity contribution in [3.05, 3.63) is 0 Å². The van der Waals surface area contributed by atoms with E-state index < -0.39 is 0 Å². The number of nitrogens with zero attached hydrogens (tertiary/aromatic N) is 2. The number of Topliss-reactive ketones (excluding diaryl/α,β-unsaturated/α-hetero) is 1. The van der Waals surface area contributed by atoms with E-state index >= 15 is 0 Å². The normalized spacial score (nSPS) is 9.83. The van der Waals surface area contributed by atoms with Gasteiger partial charge in [0, 0.05) is 7.05 Å². The van der Waals surface area contributed by atoms with Crippen molar-refractivity contribution < 1.29 is 4.79 Å². The lowest BCUT2D eigenvalue weighted by atomic mass is 10.5. The summed E-state index contributed by atoms with van der Waals surface area (Å²) >= 11 is 2.87. The average molecular weight is 203 g/mol. The third kappa shape index (κ3) is 2.78. The van der Waals surface area contributed by atoms with Gasteiger partial charge in [-0.2, -0.15) is 0 Å².